The summed E-state index contributed by atoms with van der Waals surface area (Å²) in [5.74, 6) is 0.0432. The zero-order valence-corrected chi connectivity index (χ0v) is 20.2. The third-order valence-corrected chi connectivity index (χ3v) is 6.18. The second-order valence-corrected chi connectivity index (χ2v) is 8.50. The van der Waals surface area contributed by atoms with Crippen LogP contribution in [0.15, 0.2) is 54.9 Å². The summed E-state index contributed by atoms with van der Waals surface area (Å²) in [6, 6.07) is 12.4. The van der Waals surface area contributed by atoms with Crippen LogP contribution in [0.5, 0.6) is 0 Å². The molecule has 1 fully saturated rings. The van der Waals surface area contributed by atoms with Gasteiger partial charge in [0.05, 0.1) is 23.3 Å². The summed E-state index contributed by atoms with van der Waals surface area (Å²) in [4.78, 5) is 56.6. The van der Waals surface area contributed by atoms with Gasteiger partial charge in [0.25, 0.3) is 11.8 Å². The maximum absolute atomic E-state index is 13.1. The number of imidazole rings is 1. The maximum Gasteiger partial charge on any atom is 0.341 e. The molecule has 2 aromatic carbocycles. The molecule has 3 N–H and O–H groups in total. The third-order valence-electron chi connectivity index (χ3n) is 6.18. The van der Waals surface area contributed by atoms with E-state index in [1.807, 2.05) is 23.1 Å². The highest BCUT2D eigenvalue weighted by atomic mass is 16.5. The van der Waals surface area contributed by atoms with E-state index in [-0.39, 0.29) is 12.5 Å². The Morgan fingerprint density at radius 2 is 1.68 bits per heavy atom. The molecule has 2 amide bonds. The van der Waals surface area contributed by atoms with E-state index in [1.54, 1.807) is 36.1 Å². The van der Waals surface area contributed by atoms with E-state index in [0.29, 0.717) is 65.7 Å². The molecule has 11 nitrogen and oxygen atoms in total. The van der Waals surface area contributed by atoms with E-state index in [4.69, 9.17) is 10.5 Å². The fourth-order valence-corrected chi connectivity index (χ4v) is 4.23. The predicted molar refractivity (Wildman–Crippen MR) is 136 cm³/mol. The molecule has 0 bridgehead atoms. The fourth-order valence-electron chi connectivity index (χ4n) is 4.23. The second kappa shape index (κ2) is 10.1. The van der Waals surface area contributed by atoms with Gasteiger partial charge < -0.3 is 25.3 Å². The number of nitrogens with two attached hydrogens (primary N) is 1. The van der Waals surface area contributed by atoms with Crippen LogP contribution in [0.3, 0.4) is 0 Å². The van der Waals surface area contributed by atoms with Gasteiger partial charge in [0.15, 0.2) is 0 Å². The van der Waals surface area contributed by atoms with E-state index in [9.17, 15) is 14.4 Å². The molecule has 0 aliphatic carbocycles. The minimum Gasteiger partial charge on any atom is -0.462 e. The summed E-state index contributed by atoms with van der Waals surface area (Å²) in [5, 5.41) is 0. The van der Waals surface area contributed by atoms with Crippen molar-refractivity contribution in [2.75, 3.05) is 37.7 Å². The third kappa shape index (κ3) is 4.83. The first-order valence-corrected chi connectivity index (χ1v) is 11.9. The molecule has 2 aromatic heterocycles. The topological polar surface area (TPSA) is 147 Å². The number of para-hydroxylation sites is 1. The Bertz CT molecular complexity index is 1460. The normalized spacial score (nSPS) is 13.5. The number of hydrogen-bond donors (Lipinski definition) is 2. The number of nitrogens with zero attached hydrogens (tertiary/aromatic N) is 5. The van der Waals surface area contributed by atoms with Gasteiger partial charge in [-0.25, -0.2) is 19.7 Å². The first-order chi connectivity index (χ1) is 17.9. The molecule has 0 spiro atoms. The molecule has 1 aliphatic heterocycles. The number of carbonyl (C=O) groups excluding carboxylic acids is 3. The number of aromatic nitrogens is 4. The Hall–Kier alpha value is -4.80. The number of rotatable bonds is 6. The number of aromatic amines is 1. The van der Waals surface area contributed by atoms with Crippen LogP contribution in [-0.2, 0) is 4.74 Å². The Kier molecular flexibility index (Phi) is 6.50. The van der Waals surface area contributed by atoms with Gasteiger partial charge in [0.2, 0.25) is 5.95 Å². The fraction of sp³-hybridized carbons (Fsp3) is 0.231. The average Bonchev–Trinajstić information content (AvgIpc) is 3.37. The molecule has 0 atom stereocenters. The molecular formula is C26H25N7O4. The van der Waals surface area contributed by atoms with E-state index in [1.165, 1.54) is 12.4 Å². The molecular weight excluding hydrogens is 474 g/mol. The standard InChI is InChI=1S/C26H25N7O4/c1-2-37-25(36)18-14-28-26(29-15-18)33-12-10-32(11-13-33)24(35)17-8-6-16(7-9-17)23-30-20-5-3-4-19(22(27)34)21(20)31-23/h3-9,14-15H,2,10-13H2,1H3,(H2,27,34)(H,30,31). The molecule has 1 aliphatic rings. The lowest BCUT2D eigenvalue weighted by atomic mass is 10.1. The van der Waals surface area contributed by atoms with Crippen molar-refractivity contribution in [3.8, 4) is 11.4 Å². The van der Waals surface area contributed by atoms with Gasteiger partial charge in [0.1, 0.15) is 11.3 Å². The van der Waals surface area contributed by atoms with Gasteiger partial charge in [-0.3, -0.25) is 9.59 Å². The van der Waals surface area contributed by atoms with Gasteiger partial charge in [-0.05, 0) is 31.2 Å². The molecule has 1 saturated heterocycles. The number of esters is 1. The molecule has 0 radical (unpaired) electrons. The second-order valence-electron chi connectivity index (χ2n) is 8.50. The SMILES string of the molecule is CCOC(=O)c1cnc(N2CCN(C(=O)c3ccc(-c4nc5c(C(N)=O)cccc5[nH]4)cc3)CC2)nc1. The highest BCUT2D eigenvalue weighted by Gasteiger charge is 2.24. The Balaban J connectivity index is 1.23. The molecule has 188 valence electrons. The number of H-pyrrole nitrogens is 1. The van der Waals surface area contributed by atoms with Crippen LogP contribution in [0.1, 0.15) is 38.0 Å². The zero-order chi connectivity index (χ0) is 25.9. The summed E-state index contributed by atoms with van der Waals surface area (Å²) in [6.45, 7) is 4.21. The van der Waals surface area contributed by atoms with Crippen LogP contribution in [0.4, 0.5) is 5.95 Å². The maximum atomic E-state index is 13.1. The minimum atomic E-state index is -0.537. The van der Waals surface area contributed by atoms with Crippen molar-refractivity contribution in [2.24, 2.45) is 5.73 Å². The lowest BCUT2D eigenvalue weighted by molar-refractivity contribution is 0.0524. The van der Waals surface area contributed by atoms with Gasteiger partial charge in [-0.15, -0.1) is 0 Å². The number of amides is 2. The van der Waals surface area contributed by atoms with Crippen molar-refractivity contribution >= 4 is 34.8 Å². The number of primary amides is 1. The molecule has 3 heterocycles. The van der Waals surface area contributed by atoms with E-state index < -0.39 is 11.9 Å². The van der Waals surface area contributed by atoms with E-state index in [0.717, 1.165) is 5.56 Å². The van der Waals surface area contributed by atoms with Crippen LogP contribution in [-0.4, -0.2) is 75.4 Å². The van der Waals surface area contributed by atoms with Gasteiger partial charge in [-0.1, -0.05) is 18.2 Å². The van der Waals surface area contributed by atoms with Gasteiger partial charge in [0, 0.05) is 49.7 Å². The number of nitrogens with one attached hydrogen (secondary N) is 1. The van der Waals surface area contributed by atoms with Crippen molar-refractivity contribution in [3.05, 3.63) is 71.5 Å². The smallest absolute Gasteiger partial charge is 0.341 e. The summed E-state index contributed by atoms with van der Waals surface area (Å²) in [7, 11) is 0. The highest BCUT2D eigenvalue weighted by Crippen LogP contribution is 2.24. The number of carbonyl (C=O) groups is 3. The summed E-state index contributed by atoms with van der Waals surface area (Å²) < 4.78 is 4.96. The first kappa shape index (κ1) is 23.9. The van der Waals surface area contributed by atoms with Crippen molar-refractivity contribution < 1.29 is 19.1 Å². The zero-order valence-electron chi connectivity index (χ0n) is 20.2. The summed E-state index contributed by atoms with van der Waals surface area (Å²) in [5.41, 5.74) is 8.70. The van der Waals surface area contributed by atoms with Crippen LogP contribution >= 0.6 is 0 Å². The largest absolute Gasteiger partial charge is 0.462 e. The number of piperazine rings is 1. The van der Waals surface area contributed by atoms with Crippen LogP contribution in [0.25, 0.3) is 22.4 Å². The Morgan fingerprint density at radius 1 is 0.973 bits per heavy atom. The molecule has 0 unspecified atom stereocenters. The molecule has 11 heteroatoms. The lowest BCUT2D eigenvalue weighted by Crippen LogP contribution is -2.49. The van der Waals surface area contributed by atoms with E-state index in [2.05, 4.69) is 19.9 Å². The number of fused-ring (bicyclic) bond motifs is 1. The van der Waals surface area contributed by atoms with Crippen molar-refractivity contribution in [1.29, 1.82) is 0 Å². The molecule has 5 rings (SSSR count). The molecule has 4 aromatic rings. The Labute approximate surface area is 212 Å². The monoisotopic (exact) mass is 499 g/mol. The predicted octanol–water partition coefficient (Wildman–Crippen LogP) is 2.26. The van der Waals surface area contributed by atoms with Gasteiger partial charge >= 0.3 is 5.97 Å². The van der Waals surface area contributed by atoms with Crippen molar-refractivity contribution in [1.82, 2.24) is 24.8 Å². The molecule has 37 heavy (non-hydrogen) atoms. The minimum absolute atomic E-state index is 0.0644. The number of benzene rings is 2. The summed E-state index contributed by atoms with van der Waals surface area (Å²) >= 11 is 0. The molecule has 0 saturated carbocycles. The van der Waals surface area contributed by atoms with Crippen LogP contribution in [0, 0.1) is 0 Å². The Morgan fingerprint density at radius 3 is 2.32 bits per heavy atom. The van der Waals surface area contributed by atoms with Crippen LogP contribution in [0.2, 0.25) is 0 Å². The van der Waals surface area contributed by atoms with Crippen molar-refractivity contribution in [3.63, 3.8) is 0 Å². The lowest BCUT2D eigenvalue weighted by Gasteiger charge is -2.34. The number of ether oxygens (including phenoxy) is 1. The van der Waals surface area contributed by atoms with E-state index >= 15 is 0 Å². The highest BCUT2D eigenvalue weighted by molar-refractivity contribution is 6.04. The number of anilines is 1. The quantitative estimate of drug-likeness (QED) is 0.384. The van der Waals surface area contributed by atoms with Gasteiger partial charge in [-0.2, -0.15) is 0 Å². The average molecular weight is 500 g/mol. The van der Waals surface area contributed by atoms with Crippen molar-refractivity contribution in [2.45, 2.75) is 6.92 Å². The summed E-state index contributed by atoms with van der Waals surface area (Å²) in [6.07, 6.45) is 2.91. The van der Waals surface area contributed by atoms with Crippen LogP contribution < -0.4 is 10.6 Å². The number of hydrogen-bond acceptors (Lipinski definition) is 8. The first-order valence-electron chi connectivity index (χ1n) is 11.9.